The molecule has 0 aliphatic carbocycles. The maximum absolute atomic E-state index is 9.99. The van der Waals surface area contributed by atoms with Gasteiger partial charge in [-0.2, -0.15) is 0 Å². The predicted octanol–water partition coefficient (Wildman–Crippen LogP) is 3.38. The van der Waals surface area contributed by atoms with Gasteiger partial charge in [-0.25, -0.2) is 0 Å². The molecule has 0 heterocycles. The van der Waals surface area contributed by atoms with E-state index < -0.39 is 0 Å². The number of rotatable bonds is 1. The Morgan fingerprint density at radius 1 is 0.875 bits per heavy atom. The molecule has 16 heavy (non-hydrogen) atoms. The summed E-state index contributed by atoms with van der Waals surface area (Å²) >= 11 is 0. The van der Waals surface area contributed by atoms with Crippen LogP contribution in [0.1, 0.15) is 11.1 Å². The van der Waals surface area contributed by atoms with Gasteiger partial charge in [0.1, 0.15) is 11.5 Å². The van der Waals surface area contributed by atoms with Crippen molar-refractivity contribution in [1.29, 1.82) is 0 Å². The summed E-state index contributed by atoms with van der Waals surface area (Å²) in [5, 5.41) is 19.7. The average Bonchev–Trinajstić information content (AvgIpc) is 2.24. The summed E-state index contributed by atoms with van der Waals surface area (Å²) in [6.07, 6.45) is 0. The number of benzene rings is 2. The van der Waals surface area contributed by atoms with Crippen molar-refractivity contribution in [1.82, 2.24) is 0 Å². The summed E-state index contributed by atoms with van der Waals surface area (Å²) in [4.78, 5) is 0. The Hall–Kier alpha value is -1.96. The molecular weight excluding hydrogens is 200 g/mol. The SMILES string of the molecule is Cc1cc(C)c(O)c(-c2ccccc2O)c1. The van der Waals surface area contributed by atoms with Gasteiger partial charge in [-0.15, -0.1) is 0 Å². The molecule has 0 fully saturated rings. The smallest absolute Gasteiger partial charge is 0.126 e. The number of phenolic OH excluding ortho intramolecular Hbond substituents is 2. The summed E-state index contributed by atoms with van der Waals surface area (Å²) < 4.78 is 0. The Morgan fingerprint density at radius 3 is 2.25 bits per heavy atom. The minimum absolute atomic E-state index is 0.183. The van der Waals surface area contributed by atoms with Gasteiger partial charge in [0.05, 0.1) is 0 Å². The number of para-hydroxylation sites is 1. The normalized spacial score (nSPS) is 10.4. The van der Waals surface area contributed by atoms with E-state index in [-0.39, 0.29) is 11.5 Å². The number of phenols is 2. The van der Waals surface area contributed by atoms with Crippen molar-refractivity contribution in [3.63, 3.8) is 0 Å². The van der Waals surface area contributed by atoms with Gasteiger partial charge < -0.3 is 10.2 Å². The molecule has 2 rings (SSSR count). The third kappa shape index (κ3) is 1.74. The molecule has 2 aromatic carbocycles. The Balaban J connectivity index is 2.69. The Kier molecular flexibility index (Phi) is 2.57. The molecule has 0 spiro atoms. The maximum Gasteiger partial charge on any atom is 0.126 e. The minimum atomic E-state index is 0.183. The second-order valence-corrected chi connectivity index (χ2v) is 4.00. The van der Waals surface area contributed by atoms with Gasteiger partial charge in [0.2, 0.25) is 0 Å². The molecule has 0 saturated carbocycles. The summed E-state index contributed by atoms with van der Waals surface area (Å²) in [6, 6.07) is 10.8. The van der Waals surface area contributed by atoms with Gasteiger partial charge in [-0.1, -0.05) is 24.3 Å². The van der Waals surface area contributed by atoms with Crippen LogP contribution < -0.4 is 0 Å². The van der Waals surface area contributed by atoms with Crippen molar-refractivity contribution in [2.24, 2.45) is 0 Å². The first-order valence-electron chi connectivity index (χ1n) is 5.18. The van der Waals surface area contributed by atoms with Crippen molar-refractivity contribution >= 4 is 0 Å². The van der Waals surface area contributed by atoms with E-state index >= 15 is 0 Å². The summed E-state index contributed by atoms with van der Waals surface area (Å²) in [5.74, 6) is 0.412. The van der Waals surface area contributed by atoms with Gasteiger partial charge >= 0.3 is 0 Å². The molecule has 0 atom stereocenters. The number of hydrogen-bond donors (Lipinski definition) is 2. The van der Waals surface area contributed by atoms with Crippen LogP contribution in [0.4, 0.5) is 0 Å². The lowest BCUT2D eigenvalue weighted by Gasteiger charge is -2.10. The van der Waals surface area contributed by atoms with Crippen molar-refractivity contribution in [3.8, 4) is 22.6 Å². The lowest BCUT2D eigenvalue weighted by atomic mass is 9.98. The first-order chi connectivity index (χ1) is 7.59. The first kappa shape index (κ1) is 10.6. The van der Waals surface area contributed by atoms with Crippen molar-refractivity contribution in [3.05, 3.63) is 47.5 Å². The van der Waals surface area contributed by atoms with Gasteiger partial charge in [-0.05, 0) is 37.1 Å². The summed E-state index contributed by atoms with van der Waals surface area (Å²) in [7, 11) is 0. The van der Waals surface area contributed by atoms with E-state index in [2.05, 4.69) is 0 Å². The molecule has 0 radical (unpaired) electrons. The molecule has 0 aliphatic heterocycles. The fourth-order valence-electron chi connectivity index (χ4n) is 1.87. The van der Waals surface area contributed by atoms with Gasteiger partial charge in [0.25, 0.3) is 0 Å². The molecular formula is C14H14O2. The highest BCUT2D eigenvalue weighted by atomic mass is 16.3. The Bertz CT molecular complexity index is 530. The average molecular weight is 214 g/mol. The molecule has 0 aromatic heterocycles. The predicted molar refractivity (Wildman–Crippen MR) is 64.7 cm³/mol. The lowest BCUT2D eigenvalue weighted by Crippen LogP contribution is -1.85. The molecule has 0 unspecified atom stereocenters. The zero-order valence-corrected chi connectivity index (χ0v) is 9.36. The molecule has 2 heteroatoms. The van der Waals surface area contributed by atoms with Gasteiger partial charge in [-0.3, -0.25) is 0 Å². The van der Waals surface area contributed by atoms with E-state index in [1.807, 2.05) is 32.0 Å². The topological polar surface area (TPSA) is 40.5 Å². The molecule has 2 aromatic rings. The van der Waals surface area contributed by atoms with Crippen molar-refractivity contribution in [2.75, 3.05) is 0 Å². The van der Waals surface area contributed by atoms with Crippen LogP contribution in [0.2, 0.25) is 0 Å². The van der Waals surface area contributed by atoms with E-state index in [1.165, 1.54) is 0 Å². The van der Waals surface area contributed by atoms with Gasteiger partial charge in [0, 0.05) is 11.1 Å². The lowest BCUT2D eigenvalue weighted by molar-refractivity contribution is 0.466. The van der Waals surface area contributed by atoms with E-state index in [0.29, 0.717) is 11.1 Å². The van der Waals surface area contributed by atoms with E-state index in [9.17, 15) is 10.2 Å². The quantitative estimate of drug-likeness (QED) is 0.764. The number of aryl methyl sites for hydroxylation is 2. The van der Waals surface area contributed by atoms with Crippen LogP contribution in [0.15, 0.2) is 36.4 Å². The standard InChI is InChI=1S/C14H14O2/c1-9-7-10(2)14(16)12(8-9)11-5-3-4-6-13(11)15/h3-8,15-16H,1-2H3. The van der Waals surface area contributed by atoms with Crippen LogP contribution >= 0.6 is 0 Å². The number of hydrogen-bond acceptors (Lipinski definition) is 2. The van der Waals surface area contributed by atoms with Crippen LogP contribution in [0, 0.1) is 13.8 Å². The molecule has 0 amide bonds. The maximum atomic E-state index is 9.99. The summed E-state index contributed by atoms with van der Waals surface area (Å²) in [6.45, 7) is 3.82. The van der Waals surface area contributed by atoms with Gasteiger partial charge in [0.15, 0.2) is 0 Å². The van der Waals surface area contributed by atoms with Crippen LogP contribution in [0.3, 0.4) is 0 Å². The molecule has 0 aliphatic rings. The largest absolute Gasteiger partial charge is 0.507 e. The fourth-order valence-corrected chi connectivity index (χ4v) is 1.87. The Morgan fingerprint density at radius 2 is 1.56 bits per heavy atom. The molecule has 82 valence electrons. The van der Waals surface area contributed by atoms with E-state index in [0.717, 1.165) is 11.1 Å². The first-order valence-corrected chi connectivity index (χ1v) is 5.18. The monoisotopic (exact) mass is 214 g/mol. The molecule has 2 nitrogen and oxygen atoms in total. The summed E-state index contributed by atoms with van der Waals surface area (Å²) in [5.41, 5.74) is 3.22. The number of aromatic hydroxyl groups is 2. The zero-order valence-electron chi connectivity index (χ0n) is 9.36. The zero-order chi connectivity index (χ0) is 11.7. The van der Waals surface area contributed by atoms with Crippen molar-refractivity contribution in [2.45, 2.75) is 13.8 Å². The highest BCUT2D eigenvalue weighted by Gasteiger charge is 2.10. The highest BCUT2D eigenvalue weighted by molar-refractivity contribution is 5.76. The second kappa shape index (κ2) is 3.89. The molecule has 0 saturated heterocycles. The Labute approximate surface area is 94.8 Å². The van der Waals surface area contributed by atoms with Crippen LogP contribution in [-0.2, 0) is 0 Å². The van der Waals surface area contributed by atoms with Crippen LogP contribution in [-0.4, -0.2) is 10.2 Å². The van der Waals surface area contributed by atoms with E-state index in [1.54, 1.807) is 18.2 Å². The minimum Gasteiger partial charge on any atom is -0.507 e. The highest BCUT2D eigenvalue weighted by Crippen LogP contribution is 2.37. The van der Waals surface area contributed by atoms with Crippen LogP contribution in [0.5, 0.6) is 11.5 Å². The van der Waals surface area contributed by atoms with Crippen LogP contribution in [0.25, 0.3) is 11.1 Å². The third-order valence-electron chi connectivity index (χ3n) is 2.64. The molecule has 2 N–H and O–H groups in total. The molecule has 0 bridgehead atoms. The van der Waals surface area contributed by atoms with E-state index in [4.69, 9.17) is 0 Å². The van der Waals surface area contributed by atoms with Crippen molar-refractivity contribution < 1.29 is 10.2 Å². The second-order valence-electron chi connectivity index (χ2n) is 4.00. The fraction of sp³-hybridized carbons (Fsp3) is 0.143. The third-order valence-corrected chi connectivity index (χ3v) is 2.64.